The van der Waals surface area contributed by atoms with Gasteiger partial charge in [0.2, 0.25) is 0 Å². The third-order valence-corrected chi connectivity index (χ3v) is 3.33. The van der Waals surface area contributed by atoms with Gasteiger partial charge in [0.05, 0.1) is 12.3 Å². The van der Waals surface area contributed by atoms with Gasteiger partial charge in [-0.15, -0.1) is 0 Å². The van der Waals surface area contributed by atoms with Gasteiger partial charge in [0.1, 0.15) is 5.71 Å². The number of H-pyrrole nitrogens is 1. The van der Waals surface area contributed by atoms with Gasteiger partial charge >= 0.3 is 5.97 Å². The van der Waals surface area contributed by atoms with Gasteiger partial charge in [0.15, 0.2) is 11.5 Å². The zero-order valence-electron chi connectivity index (χ0n) is 15.4. The van der Waals surface area contributed by atoms with Gasteiger partial charge in [0, 0.05) is 6.20 Å². The van der Waals surface area contributed by atoms with Crippen LogP contribution in [-0.2, 0) is 11.2 Å². The molecule has 1 aliphatic heterocycles. The topological polar surface area (TPSA) is 67.3 Å². The molecule has 0 radical (unpaired) electrons. The molecule has 5 heteroatoms. The third kappa shape index (κ3) is 5.80. The van der Waals surface area contributed by atoms with E-state index in [1.165, 1.54) is 0 Å². The molecular weight excluding hydrogens is 302 g/mol. The molecule has 0 amide bonds. The molecular formula is C19H29N3O2. The van der Waals surface area contributed by atoms with Crippen LogP contribution in [-0.4, -0.2) is 28.3 Å². The number of nitrogens with zero attached hydrogens (tertiary/aromatic N) is 2. The fourth-order valence-corrected chi connectivity index (χ4v) is 2.15. The van der Waals surface area contributed by atoms with Crippen LogP contribution in [0.15, 0.2) is 29.4 Å². The number of esters is 1. The Kier molecular flexibility index (Phi) is 8.76. The largest absolute Gasteiger partial charge is 0.461 e. The smallest absolute Gasteiger partial charge is 0.358 e. The summed E-state index contributed by atoms with van der Waals surface area (Å²) in [5.41, 5.74) is 1.93. The Morgan fingerprint density at radius 2 is 2.08 bits per heavy atom. The number of hydrogen-bond donors (Lipinski definition) is 1. The molecule has 0 saturated carbocycles. The lowest BCUT2D eigenvalue weighted by atomic mass is 10.1. The Hall–Kier alpha value is -2.17. The van der Waals surface area contributed by atoms with Crippen molar-refractivity contribution in [2.24, 2.45) is 10.9 Å². The number of imidazole rings is 1. The highest BCUT2D eigenvalue weighted by atomic mass is 16.5. The van der Waals surface area contributed by atoms with Crippen LogP contribution >= 0.6 is 0 Å². The van der Waals surface area contributed by atoms with Crippen LogP contribution in [0.2, 0.25) is 0 Å². The number of hydrogen-bond acceptors (Lipinski definition) is 4. The Morgan fingerprint density at radius 1 is 1.33 bits per heavy atom. The van der Waals surface area contributed by atoms with E-state index in [-0.39, 0.29) is 5.97 Å². The predicted molar refractivity (Wildman–Crippen MR) is 98.5 cm³/mol. The molecule has 1 aromatic rings. The fraction of sp³-hybridized carbons (Fsp3) is 0.526. The van der Waals surface area contributed by atoms with E-state index in [1.807, 2.05) is 32.1 Å². The van der Waals surface area contributed by atoms with Crippen LogP contribution in [0.1, 0.15) is 69.5 Å². The fourth-order valence-electron chi connectivity index (χ4n) is 2.15. The van der Waals surface area contributed by atoms with Crippen LogP contribution < -0.4 is 0 Å². The van der Waals surface area contributed by atoms with E-state index in [4.69, 9.17) is 4.74 Å². The summed E-state index contributed by atoms with van der Waals surface area (Å²) in [5, 5.41) is 0. The highest BCUT2D eigenvalue weighted by Gasteiger charge is 2.20. The molecule has 132 valence electrons. The number of aromatic nitrogens is 2. The van der Waals surface area contributed by atoms with E-state index in [2.05, 4.69) is 28.8 Å². The number of allylic oxidation sites excluding steroid dienone is 3. The molecule has 2 rings (SSSR count). The Bertz CT molecular complexity index is 610. The Morgan fingerprint density at radius 3 is 2.75 bits per heavy atom. The molecule has 0 unspecified atom stereocenters. The predicted octanol–water partition coefficient (Wildman–Crippen LogP) is 4.46. The van der Waals surface area contributed by atoms with Gasteiger partial charge < -0.3 is 9.72 Å². The van der Waals surface area contributed by atoms with Gasteiger partial charge in [-0.2, -0.15) is 0 Å². The minimum Gasteiger partial charge on any atom is -0.461 e. The molecule has 1 aliphatic rings. The van der Waals surface area contributed by atoms with Crippen molar-refractivity contribution >= 4 is 11.7 Å². The molecule has 1 aromatic heterocycles. The summed E-state index contributed by atoms with van der Waals surface area (Å²) >= 11 is 0. The maximum absolute atomic E-state index is 12.1. The number of carbonyl (C=O) groups excluding carboxylic acids is 1. The van der Waals surface area contributed by atoms with Crippen molar-refractivity contribution in [1.29, 1.82) is 0 Å². The molecule has 2 heterocycles. The lowest BCUT2D eigenvalue weighted by Gasteiger charge is -2.04. The van der Waals surface area contributed by atoms with Crippen LogP contribution in [0.25, 0.3) is 0 Å². The van der Waals surface area contributed by atoms with Gasteiger partial charge in [-0.3, -0.25) is 4.99 Å². The SMILES string of the molecule is CC.CCOC(=O)c1nc(C2=NC=CCC=C2)[nH]c1CCC(C)C. The first-order chi connectivity index (χ1) is 11.6. The number of aryl methyl sites for hydroxylation is 1. The van der Waals surface area contributed by atoms with Crippen LogP contribution in [0, 0.1) is 5.92 Å². The molecule has 0 bridgehead atoms. The van der Waals surface area contributed by atoms with Gasteiger partial charge in [-0.25, -0.2) is 9.78 Å². The molecule has 5 nitrogen and oxygen atoms in total. The summed E-state index contributed by atoms with van der Waals surface area (Å²) in [6.07, 6.45) is 10.3. The van der Waals surface area contributed by atoms with Crippen molar-refractivity contribution in [2.45, 2.75) is 53.9 Å². The first-order valence-electron chi connectivity index (χ1n) is 8.77. The summed E-state index contributed by atoms with van der Waals surface area (Å²) in [6.45, 7) is 10.4. The number of ether oxygens (including phenoxy) is 1. The highest BCUT2D eigenvalue weighted by molar-refractivity contribution is 6.07. The average molecular weight is 331 g/mol. The lowest BCUT2D eigenvalue weighted by Crippen LogP contribution is -2.09. The quantitative estimate of drug-likeness (QED) is 0.782. The molecule has 0 saturated heterocycles. The maximum atomic E-state index is 12.1. The Labute approximate surface area is 144 Å². The van der Waals surface area contributed by atoms with Crippen molar-refractivity contribution in [3.8, 4) is 0 Å². The summed E-state index contributed by atoms with van der Waals surface area (Å²) in [5.74, 6) is 0.793. The van der Waals surface area contributed by atoms with Crippen molar-refractivity contribution in [1.82, 2.24) is 9.97 Å². The number of aliphatic imine (C=N–C) groups is 1. The highest BCUT2D eigenvalue weighted by Crippen LogP contribution is 2.15. The molecule has 0 atom stereocenters. The van der Waals surface area contributed by atoms with E-state index >= 15 is 0 Å². The summed E-state index contributed by atoms with van der Waals surface area (Å²) in [6, 6.07) is 0. The first-order valence-corrected chi connectivity index (χ1v) is 8.77. The second-order valence-corrected chi connectivity index (χ2v) is 5.60. The minimum atomic E-state index is -0.377. The summed E-state index contributed by atoms with van der Waals surface area (Å²) in [7, 11) is 0. The normalized spacial score (nSPS) is 13.2. The van der Waals surface area contributed by atoms with E-state index in [1.54, 1.807) is 13.1 Å². The van der Waals surface area contributed by atoms with E-state index in [0.29, 0.717) is 24.0 Å². The van der Waals surface area contributed by atoms with Crippen molar-refractivity contribution < 1.29 is 9.53 Å². The number of nitrogens with one attached hydrogen (secondary N) is 1. The molecule has 0 spiro atoms. The summed E-state index contributed by atoms with van der Waals surface area (Å²) < 4.78 is 5.11. The third-order valence-electron chi connectivity index (χ3n) is 3.33. The van der Waals surface area contributed by atoms with Crippen LogP contribution in [0.4, 0.5) is 0 Å². The lowest BCUT2D eigenvalue weighted by molar-refractivity contribution is 0.0518. The second-order valence-electron chi connectivity index (χ2n) is 5.60. The molecule has 1 N–H and O–H groups in total. The number of aromatic amines is 1. The standard InChI is InChI=1S/C17H23N3O2.C2H6/c1-4-22-17(21)15-13(10-9-12(2)3)19-16(20-15)14-8-6-5-7-11-18-14;1-2/h6-8,11-12H,4-5,9-10H2,1-3H3,(H,19,20);1-2H3. The molecule has 0 aromatic carbocycles. The van der Waals surface area contributed by atoms with Crippen molar-refractivity contribution in [3.05, 3.63) is 41.6 Å². The zero-order valence-corrected chi connectivity index (χ0v) is 15.4. The van der Waals surface area contributed by atoms with Crippen LogP contribution in [0.3, 0.4) is 0 Å². The molecule has 0 aliphatic carbocycles. The van der Waals surface area contributed by atoms with Crippen LogP contribution in [0.5, 0.6) is 0 Å². The number of carbonyl (C=O) groups is 1. The van der Waals surface area contributed by atoms with Crippen molar-refractivity contribution in [3.63, 3.8) is 0 Å². The zero-order chi connectivity index (χ0) is 17.9. The minimum absolute atomic E-state index is 0.342. The van der Waals surface area contributed by atoms with Gasteiger partial charge in [0.25, 0.3) is 0 Å². The Balaban J connectivity index is 0.00000139. The van der Waals surface area contributed by atoms with E-state index in [9.17, 15) is 4.79 Å². The molecule has 0 fully saturated rings. The second kappa shape index (κ2) is 10.6. The monoisotopic (exact) mass is 331 g/mol. The maximum Gasteiger partial charge on any atom is 0.358 e. The molecule has 24 heavy (non-hydrogen) atoms. The van der Waals surface area contributed by atoms with E-state index in [0.717, 1.165) is 30.7 Å². The van der Waals surface area contributed by atoms with Gasteiger partial charge in [-0.1, -0.05) is 39.8 Å². The van der Waals surface area contributed by atoms with Gasteiger partial charge in [-0.05, 0) is 38.2 Å². The first kappa shape index (κ1) is 19.9. The number of rotatable bonds is 6. The van der Waals surface area contributed by atoms with Crippen molar-refractivity contribution in [2.75, 3.05) is 6.61 Å². The average Bonchev–Trinajstić information content (AvgIpc) is 2.81. The summed E-state index contributed by atoms with van der Waals surface area (Å²) in [4.78, 5) is 24.1. The van der Waals surface area contributed by atoms with E-state index < -0.39 is 0 Å².